The largest absolute Gasteiger partial charge is 0.471 e. The molecule has 2 aromatic carbocycles. The molecular formula is C24H26F3N5O5S. The number of aliphatic hydroxyl groups is 2. The Morgan fingerprint density at radius 2 is 1.82 bits per heavy atom. The number of sulfone groups is 1. The summed E-state index contributed by atoms with van der Waals surface area (Å²) in [5, 5.41) is 24.6. The number of aromatic nitrogens is 2. The Hall–Kier alpha value is -3.49. The van der Waals surface area contributed by atoms with E-state index in [9.17, 15) is 36.6 Å². The van der Waals surface area contributed by atoms with E-state index in [0.717, 1.165) is 5.56 Å². The number of anilines is 2. The highest BCUT2D eigenvalue weighted by molar-refractivity contribution is 7.91. The van der Waals surface area contributed by atoms with E-state index >= 15 is 0 Å². The molecular weight excluding hydrogens is 527 g/mol. The van der Waals surface area contributed by atoms with Gasteiger partial charge in [-0.3, -0.25) is 4.79 Å². The van der Waals surface area contributed by atoms with Crippen molar-refractivity contribution in [1.82, 2.24) is 15.3 Å². The van der Waals surface area contributed by atoms with Crippen molar-refractivity contribution >= 4 is 38.4 Å². The van der Waals surface area contributed by atoms with Crippen LogP contribution < -0.4 is 15.5 Å². The summed E-state index contributed by atoms with van der Waals surface area (Å²) in [6, 6.07) is 11.9. The average Bonchev–Trinajstić information content (AvgIpc) is 3.01. The molecule has 0 fully saturated rings. The first-order valence-electron chi connectivity index (χ1n) is 11.6. The highest BCUT2D eigenvalue weighted by atomic mass is 32.2. The molecule has 2 heterocycles. The van der Waals surface area contributed by atoms with Gasteiger partial charge < -0.3 is 25.7 Å². The molecule has 204 valence electrons. The number of carbonyl (C=O) groups is 1. The average molecular weight is 554 g/mol. The van der Waals surface area contributed by atoms with Crippen LogP contribution >= 0.6 is 0 Å². The molecule has 0 saturated heterocycles. The second-order valence-electron chi connectivity index (χ2n) is 9.14. The van der Waals surface area contributed by atoms with Gasteiger partial charge >= 0.3 is 12.1 Å². The summed E-state index contributed by atoms with van der Waals surface area (Å²) in [5.74, 6) is -2.14. The van der Waals surface area contributed by atoms with Crippen LogP contribution in [0.3, 0.4) is 0 Å². The molecule has 1 aliphatic rings. The van der Waals surface area contributed by atoms with Crippen LogP contribution in [0.25, 0.3) is 10.9 Å². The third-order valence-corrected chi connectivity index (χ3v) is 8.05. The van der Waals surface area contributed by atoms with Gasteiger partial charge in [-0.15, -0.1) is 0 Å². The summed E-state index contributed by atoms with van der Waals surface area (Å²) >= 11 is 0. The molecule has 4 N–H and O–H groups in total. The Balaban J connectivity index is 1.71. The summed E-state index contributed by atoms with van der Waals surface area (Å²) in [6.07, 6.45) is -5.22. The fraction of sp³-hybridized carbons (Fsp3) is 0.375. The Bertz CT molecular complexity index is 1460. The van der Waals surface area contributed by atoms with Crippen LogP contribution in [0.1, 0.15) is 11.1 Å². The second-order valence-corrected chi connectivity index (χ2v) is 11.2. The first-order valence-corrected chi connectivity index (χ1v) is 13.2. The van der Waals surface area contributed by atoms with E-state index in [2.05, 4.69) is 15.3 Å². The number of halogens is 3. The lowest BCUT2D eigenvalue weighted by atomic mass is 10.0. The molecule has 0 radical (unpaired) electrons. The Morgan fingerprint density at radius 3 is 2.50 bits per heavy atom. The van der Waals surface area contributed by atoms with Crippen molar-refractivity contribution in [3.63, 3.8) is 0 Å². The minimum absolute atomic E-state index is 0.0900. The van der Waals surface area contributed by atoms with Gasteiger partial charge in [0.05, 0.1) is 29.4 Å². The first kappa shape index (κ1) is 27.5. The maximum Gasteiger partial charge on any atom is 0.471 e. The molecule has 3 aromatic rings. The van der Waals surface area contributed by atoms with Crippen LogP contribution in [0.5, 0.6) is 0 Å². The third-order valence-electron chi connectivity index (χ3n) is 6.26. The maximum atomic E-state index is 12.9. The molecule has 38 heavy (non-hydrogen) atoms. The molecule has 1 aliphatic heterocycles. The molecule has 0 spiro atoms. The number of benzene rings is 2. The fourth-order valence-corrected chi connectivity index (χ4v) is 5.59. The predicted molar refractivity (Wildman–Crippen MR) is 133 cm³/mol. The summed E-state index contributed by atoms with van der Waals surface area (Å²) in [5.41, 5.74) is -0.167. The highest BCUT2D eigenvalue weighted by Gasteiger charge is 2.44. The molecule has 1 aromatic heterocycles. The normalized spacial score (nSPS) is 15.6. The van der Waals surface area contributed by atoms with Gasteiger partial charge in [-0.2, -0.15) is 18.2 Å². The standard InChI is InChI=1S/C24H26F3N5O5S/c1-15-6-7-18-17(10-15)20(28-12-23(13-33,14-34)31-21(35)24(25,26)27)30-22(29-18)32-8-9-38(36,37)19-5-3-2-4-16(19)11-32/h2-7,10,33-34H,8-9,11-14H2,1H3,(H,31,35)(H,28,29,30). The quantitative estimate of drug-likeness (QED) is 0.342. The predicted octanol–water partition coefficient (Wildman–Crippen LogP) is 1.55. The molecule has 0 saturated carbocycles. The van der Waals surface area contributed by atoms with E-state index in [1.54, 1.807) is 52.7 Å². The fourth-order valence-electron chi connectivity index (χ4n) is 4.09. The van der Waals surface area contributed by atoms with E-state index in [1.807, 2.05) is 6.92 Å². The van der Waals surface area contributed by atoms with Crippen molar-refractivity contribution in [2.75, 3.05) is 42.3 Å². The Kier molecular flexibility index (Phi) is 7.50. The number of hydrogen-bond donors (Lipinski definition) is 4. The van der Waals surface area contributed by atoms with E-state index in [4.69, 9.17) is 0 Å². The summed E-state index contributed by atoms with van der Waals surface area (Å²) in [6.45, 7) is -0.374. The number of aliphatic hydroxyl groups excluding tert-OH is 2. The van der Waals surface area contributed by atoms with Crippen molar-refractivity contribution in [2.45, 2.75) is 30.1 Å². The number of alkyl halides is 3. The van der Waals surface area contributed by atoms with E-state index in [0.29, 0.717) is 16.5 Å². The number of rotatable bonds is 7. The Labute approximate surface area is 216 Å². The monoisotopic (exact) mass is 553 g/mol. The van der Waals surface area contributed by atoms with Gasteiger partial charge in [0.15, 0.2) is 9.84 Å². The molecule has 1 amide bonds. The minimum Gasteiger partial charge on any atom is -0.394 e. The van der Waals surface area contributed by atoms with Gasteiger partial charge in [-0.1, -0.05) is 29.8 Å². The van der Waals surface area contributed by atoms with E-state index < -0.39 is 47.2 Å². The van der Waals surface area contributed by atoms with Gasteiger partial charge in [-0.25, -0.2) is 13.4 Å². The van der Waals surface area contributed by atoms with E-state index in [1.165, 1.54) is 0 Å². The van der Waals surface area contributed by atoms with Gasteiger partial charge in [0.25, 0.3) is 0 Å². The molecule has 4 rings (SSSR count). The number of aryl methyl sites for hydroxylation is 1. The molecule has 0 atom stereocenters. The molecule has 14 heteroatoms. The maximum absolute atomic E-state index is 12.9. The lowest BCUT2D eigenvalue weighted by molar-refractivity contribution is -0.176. The Morgan fingerprint density at radius 1 is 1.11 bits per heavy atom. The van der Waals surface area contributed by atoms with Crippen molar-refractivity contribution in [3.05, 3.63) is 53.6 Å². The lowest BCUT2D eigenvalue weighted by Gasteiger charge is -2.32. The zero-order valence-corrected chi connectivity index (χ0v) is 21.1. The lowest BCUT2D eigenvalue weighted by Crippen LogP contribution is -2.61. The van der Waals surface area contributed by atoms with Crippen molar-refractivity contribution in [2.24, 2.45) is 0 Å². The molecule has 10 nitrogen and oxygen atoms in total. The van der Waals surface area contributed by atoms with Crippen molar-refractivity contribution in [3.8, 4) is 0 Å². The topological polar surface area (TPSA) is 145 Å². The number of nitrogens with zero attached hydrogens (tertiary/aromatic N) is 3. The highest BCUT2D eigenvalue weighted by Crippen LogP contribution is 2.29. The zero-order chi connectivity index (χ0) is 27.7. The number of nitrogens with one attached hydrogen (secondary N) is 2. The van der Waals surface area contributed by atoms with Crippen LogP contribution in [-0.2, 0) is 21.2 Å². The summed E-state index contributed by atoms with van der Waals surface area (Å²) < 4.78 is 64.1. The molecule has 0 unspecified atom stereocenters. The van der Waals surface area contributed by atoms with E-state index in [-0.39, 0.29) is 35.5 Å². The SMILES string of the molecule is Cc1ccc2nc(N3CCS(=O)(=O)c4ccccc4C3)nc(NCC(CO)(CO)NC(=O)C(F)(F)F)c2c1. The minimum atomic E-state index is -5.22. The van der Waals surface area contributed by atoms with Crippen LogP contribution in [0, 0.1) is 6.92 Å². The second kappa shape index (κ2) is 10.3. The number of hydrogen-bond acceptors (Lipinski definition) is 9. The summed E-state index contributed by atoms with van der Waals surface area (Å²) in [7, 11) is -3.54. The van der Waals surface area contributed by atoms with Gasteiger partial charge in [0, 0.05) is 25.0 Å². The van der Waals surface area contributed by atoms with Crippen LogP contribution in [0.15, 0.2) is 47.4 Å². The van der Waals surface area contributed by atoms with Crippen molar-refractivity contribution < 1.29 is 36.6 Å². The molecule has 0 bridgehead atoms. The number of carbonyl (C=O) groups excluding carboxylic acids is 1. The van der Waals surface area contributed by atoms with Gasteiger partial charge in [-0.05, 0) is 30.7 Å². The van der Waals surface area contributed by atoms with Crippen LogP contribution in [0.2, 0.25) is 0 Å². The third kappa shape index (κ3) is 5.66. The number of amides is 1. The first-order chi connectivity index (χ1) is 17.9. The zero-order valence-electron chi connectivity index (χ0n) is 20.3. The van der Waals surface area contributed by atoms with Gasteiger partial charge in [0.1, 0.15) is 11.4 Å². The van der Waals surface area contributed by atoms with Crippen LogP contribution in [0.4, 0.5) is 24.9 Å². The summed E-state index contributed by atoms with van der Waals surface area (Å²) in [4.78, 5) is 22.6. The number of fused-ring (bicyclic) bond motifs is 2. The van der Waals surface area contributed by atoms with Crippen LogP contribution in [-0.4, -0.2) is 78.3 Å². The molecule has 0 aliphatic carbocycles. The van der Waals surface area contributed by atoms with Gasteiger partial charge in [0.2, 0.25) is 5.95 Å². The smallest absolute Gasteiger partial charge is 0.394 e. The van der Waals surface area contributed by atoms with Crippen molar-refractivity contribution in [1.29, 1.82) is 0 Å².